The highest BCUT2D eigenvalue weighted by atomic mass is 16.5. The Balaban J connectivity index is 2.58. The summed E-state index contributed by atoms with van der Waals surface area (Å²) in [4.78, 5) is 14.4. The van der Waals surface area contributed by atoms with Gasteiger partial charge in [-0.25, -0.2) is 9.78 Å². The Morgan fingerprint density at radius 1 is 1.54 bits per heavy atom. The van der Waals surface area contributed by atoms with Crippen molar-refractivity contribution >= 4 is 18.2 Å². The summed E-state index contributed by atoms with van der Waals surface area (Å²) in [6.07, 6.45) is 7.42. The molecule has 0 aromatic carbocycles. The lowest BCUT2D eigenvalue weighted by Gasteiger charge is -1.94. The number of carboxylic acids is 1. The molecule has 1 aliphatic rings. The fraction of sp³-hybridized carbons (Fsp3) is 0. The van der Waals surface area contributed by atoms with Crippen LogP contribution >= 0.6 is 0 Å². The minimum atomic E-state index is -1.05. The molecule has 1 aliphatic heterocycles. The molecule has 0 saturated carbocycles. The van der Waals surface area contributed by atoms with E-state index in [4.69, 9.17) is 9.84 Å². The van der Waals surface area contributed by atoms with E-state index < -0.39 is 5.97 Å². The fourth-order valence-electron chi connectivity index (χ4n) is 1.07. The van der Waals surface area contributed by atoms with Crippen LogP contribution in [0.3, 0.4) is 0 Å². The number of fused-ring (bicyclic) bond motifs is 1. The van der Waals surface area contributed by atoms with Gasteiger partial charge in [-0.3, -0.25) is 0 Å². The van der Waals surface area contributed by atoms with Crippen LogP contribution in [-0.2, 0) is 4.74 Å². The van der Waals surface area contributed by atoms with Gasteiger partial charge in [0.2, 0.25) is 0 Å². The zero-order chi connectivity index (χ0) is 9.26. The van der Waals surface area contributed by atoms with Crippen LogP contribution in [0.4, 0.5) is 0 Å². The molecule has 0 radical (unpaired) electrons. The van der Waals surface area contributed by atoms with Gasteiger partial charge < -0.3 is 14.4 Å². The number of nitrogens with zero attached hydrogens (tertiary/aromatic N) is 2. The molecule has 5 nitrogen and oxygen atoms in total. The first-order chi connectivity index (χ1) is 6.29. The highest BCUT2D eigenvalue weighted by Crippen LogP contribution is 2.12. The molecular weight excluding hydrogens is 172 g/mol. The molecule has 66 valence electrons. The molecule has 1 aromatic rings. The van der Waals surface area contributed by atoms with Gasteiger partial charge in [-0.2, -0.15) is 0 Å². The minimum absolute atomic E-state index is 0.0198. The number of hydrogen-bond donors (Lipinski definition) is 1. The summed E-state index contributed by atoms with van der Waals surface area (Å²) < 4.78 is 6.44. The highest BCUT2D eigenvalue weighted by molar-refractivity contribution is 5.89. The molecule has 0 aliphatic carbocycles. The Kier molecular flexibility index (Phi) is 1.63. The van der Waals surface area contributed by atoms with Crippen molar-refractivity contribution in [3.05, 3.63) is 30.2 Å². The summed E-state index contributed by atoms with van der Waals surface area (Å²) in [6.45, 7) is 0. The van der Waals surface area contributed by atoms with E-state index in [9.17, 15) is 4.79 Å². The summed E-state index contributed by atoms with van der Waals surface area (Å²) in [5.41, 5.74) is 0.521. The molecule has 0 amide bonds. The Labute approximate surface area is 73.6 Å². The molecule has 0 bridgehead atoms. The maximum absolute atomic E-state index is 10.7. The van der Waals surface area contributed by atoms with Crippen LogP contribution in [0.1, 0.15) is 16.2 Å². The maximum Gasteiger partial charge on any atom is 0.356 e. The van der Waals surface area contributed by atoms with Crippen molar-refractivity contribution in [1.82, 2.24) is 9.55 Å². The number of carbonyl (C=O) groups is 1. The molecular formula is C8H6N2O3. The van der Waals surface area contributed by atoms with E-state index in [2.05, 4.69) is 4.98 Å². The third-order valence-corrected chi connectivity index (χ3v) is 1.64. The smallest absolute Gasteiger partial charge is 0.356 e. The molecule has 5 heteroatoms. The van der Waals surface area contributed by atoms with Crippen molar-refractivity contribution < 1.29 is 14.6 Å². The van der Waals surface area contributed by atoms with Gasteiger partial charge in [0, 0.05) is 6.20 Å². The van der Waals surface area contributed by atoms with Crippen molar-refractivity contribution in [2.75, 3.05) is 0 Å². The quantitative estimate of drug-likeness (QED) is 0.697. The Morgan fingerprint density at radius 2 is 2.38 bits per heavy atom. The summed E-state index contributed by atoms with van der Waals surface area (Å²) in [6, 6.07) is 0. The number of rotatable bonds is 1. The number of aromatic carboxylic acids is 1. The largest absolute Gasteiger partial charge is 0.476 e. The molecule has 1 N–H and O–H groups in total. The third kappa shape index (κ3) is 1.20. The first kappa shape index (κ1) is 7.60. The number of imidazole rings is 1. The summed E-state index contributed by atoms with van der Waals surface area (Å²) >= 11 is 0. The van der Waals surface area contributed by atoms with Crippen LogP contribution in [0.2, 0.25) is 0 Å². The highest BCUT2D eigenvalue weighted by Gasteiger charge is 2.14. The van der Waals surface area contributed by atoms with Crippen molar-refractivity contribution in [2.24, 2.45) is 0 Å². The molecule has 0 atom stereocenters. The van der Waals surface area contributed by atoms with Crippen LogP contribution in [0.25, 0.3) is 12.3 Å². The summed E-state index contributed by atoms with van der Waals surface area (Å²) in [5, 5.41) is 8.75. The average molecular weight is 178 g/mol. The van der Waals surface area contributed by atoms with Gasteiger partial charge in [0.25, 0.3) is 0 Å². The lowest BCUT2D eigenvalue weighted by atomic mass is 10.3. The molecule has 0 spiro atoms. The van der Waals surface area contributed by atoms with E-state index >= 15 is 0 Å². The minimum Gasteiger partial charge on any atom is -0.476 e. The predicted octanol–water partition coefficient (Wildman–Crippen LogP) is 1.01. The monoisotopic (exact) mass is 178 g/mol. The van der Waals surface area contributed by atoms with Gasteiger partial charge in [0.15, 0.2) is 5.69 Å². The van der Waals surface area contributed by atoms with Crippen molar-refractivity contribution in [1.29, 1.82) is 0 Å². The predicted molar refractivity (Wildman–Crippen MR) is 44.6 cm³/mol. The topological polar surface area (TPSA) is 64.3 Å². The number of ether oxygens (including phenoxy) is 1. The molecule has 2 heterocycles. The second-order valence-corrected chi connectivity index (χ2v) is 2.41. The number of carboxylic acid groups (broad SMARTS) is 1. The lowest BCUT2D eigenvalue weighted by Crippen LogP contribution is -2.00. The zero-order valence-corrected chi connectivity index (χ0v) is 6.54. The van der Waals surface area contributed by atoms with Crippen molar-refractivity contribution in [2.45, 2.75) is 0 Å². The van der Waals surface area contributed by atoms with E-state index in [0.29, 0.717) is 5.69 Å². The van der Waals surface area contributed by atoms with E-state index in [-0.39, 0.29) is 5.69 Å². The molecule has 0 fully saturated rings. The third-order valence-electron chi connectivity index (χ3n) is 1.64. The number of aromatic nitrogens is 2. The standard InChI is InChI=1S/C8H6N2O3/c11-8(12)7-6-1-3-13-4-2-10(6)5-9-7/h1-5H,(H,11,12). The molecule has 2 rings (SSSR count). The lowest BCUT2D eigenvalue weighted by molar-refractivity contribution is 0.0691. The van der Waals surface area contributed by atoms with Gasteiger partial charge in [-0.05, 0) is 6.08 Å². The normalized spacial score (nSPS) is 13.2. The number of hydrogen-bond acceptors (Lipinski definition) is 3. The van der Waals surface area contributed by atoms with Crippen LogP contribution in [0.5, 0.6) is 0 Å². The van der Waals surface area contributed by atoms with Gasteiger partial charge in [-0.1, -0.05) is 0 Å². The Hall–Kier alpha value is -2.04. The summed E-state index contributed by atoms with van der Waals surface area (Å²) in [5.74, 6) is -1.05. The maximum atomic E-state index is 10.7. The summed E-state index contributed by atoms with van der Waals surface area (Å²) in [7, 11) is 0. The van der Waals surface area contributed by atoms with E-state index in [1.54, 1.807) is 16.8 Å². The molecule has 0 unspecified atom stereocenters. The van der Waals surface area contributed by atoms with Gasteiger partial charge in [0.1, 0.15) is 12.6 Å². The van der Waals surface area contributed by atoms with Gasteiger partial charge >= 0.3 is 5.97 Å². The van der Waals surface area contributed by atoms with Gasteiger partial charge in [0.05, 0.1) is 12.0 Å². The van der Waals surface area contributed by atoms with E-state index in [1.807, 2.05) is 0 Å². The molecule has 13 heavy (non-hydrogen) atoms. The zero-order valence-electron chi connectivity index (χ0n) is 6.54. The second-order valence-electron chi connectivity index (χ2n) is 2.41. The van der Waals surface area contributed by atoms with Crippen molar-refractivity contribution in [3.63, 3.8) is 0 Å². The average Bonchev–Trinajstić information content (AvgIpc) is 2.36. The van der Waals surface area contributed by atoms with Crippen LogP contribution < -0.4 is 0 Å². The second kappa shape index (κ2) is 2.78. The first-order valence-corrected chi connectivity index (χ1v) is 3.58. The van der Waals surface area contributed by atoms with E-state index in [1.165, 1.54) is 18.9 Å². The van der Waals surface area contributed by atoms with Gasteiger partial charge in [-0.15, -0.1) is 0 Å². The SMILES string of the molecule is O=C(O)c1ncn2c1C=COC=C2. The van der Waals surface area contributed by atoms with Crippen LogP contribution in [-0.4, -0.2) is 20.6 Å². The first-order valence-electron chi connectivity index (χ1n) is 3.58. The van der Waals surface area contributed by atoms with Crippen molar-refractivity contribution in [3.8, 4) is 0 Å². The van der Waals surface area contributed by atoms with Crippen LogP contribution in [0.15, 0.2) is 18.9 Å². The molecule has 0 saturated heterocycles. The molecule has 1 aromatic heterocycles. The fourth-order valence-corrected chi connectivity index (χ4v) is 1.07. The Bertz CT molecular complexity index is 404. The van der Waals surface area contributed by atoms with Crippen LogP contribution in [0, 0.1) is 0 Å². The Morgan fingerprint density at radius 3 is 3.15 bits per heavy atom. The van der Waals surface area contributed by atoms with E-state index in [0.717, 1.165) is 0 Å².